The summed E-state index contributed by atoms with van der Waals surface area (Å²) in [6.07, 6.45) is -4.88. The number of ether oxygens (including phenoxy) is 1. The number of halogens is 3. The van der Waals surface area contributed by atoms with E-state index in [1.807, 2.05) is 0 Å². The Kier molecular flexibility index (Phi) is 3.75. The van der Waals surface area contributed by atoms with Crippen LogP contribution >= 0.6 is 0 Å². The second-order valence-electron chi connectivity index (χ2n) is 5.36. The van der Waals surface area contributed by atoms with E-state index in [0.717, 1.165) is 6.07 Å². The molecule has 3 nitrogen and oxygen atoms in total. The third kappa shape index (κ3) is 2.88. The minimum Gasteiger partial charge on any atom is -0.487 e. The maximum absolute atomic E-state index is 13.2. The molecule has 2 aromatic rings. The summed E-state index contributed by atoms with van der Waals surface area (Å²) in [4.78, 5) is 14.1. The van der Waals surface area contributed by atoms with E-state index in [1.54, 1.807) is 31.2 Å². The summed E-state index contributed by atoms with van der Waals surface area (Å²) in [7, 11) is 0. The van der Waals surface area contributed by atoms with Crippen molar-refractivity contribution in [2.24, 2.45) is 0 Å². The molecule has 0 radical (unpaired) electrons. The summed E-state index contributed by atoms with van der Waals surface area (Å²) < 4.78 is 45.1. The van der Waals surface area contributed by atoms with Gasteiger partial charge in [-0.25, -0.2) is 0 Å². The number of benzene rings is 2. The van der Waals surface area contributed by atoms with E-state index in [1.165, 1.54) is 23.1 Å². The van der Waals surface area contributed by atoms with Crippen LogP contribution in [0.4, 0.5) is 18.9 Å². The van der Waals surface area contributed by atoms with Gasteiger partial charge in [0.2, 0.25) is 0 Å². The highest BCUT2D eigenvalue weighted by atomic mass is 19.4. The number of anilines is 1. The van der Waals surface area contributed by atoms with Crippen molar-refractivity contribution in [3.8, 4) is 5.75 Å². The predicted octanol–water partition coefficient (Wildman–Crippen LogP) is 4.13. The molecule has 6 heteroatoms. The van der Waals surface area contributed by atoms with E-state index < -0.39 is 17.6 Å². The molecule has 0 spiro atoms. The number of alkyl halides is 3. The Labute approximate surface area is 131 Å². The molecule has 1 atom stereocenters. The fraction of sp³-hybridized carbons (Fsp3) is 0.235. The molecule has 0 aromatic heterocycles. The number of amides is 1. The minimum atomic E-state index is -4.58. The van der Waals surface area contributed by atoms with Gasteiger partial charge in [-0.05, 0) is 31.2 Å². The Morgan fingerprint density at radius 2 is 1.78 bits per heavy atom. The van der Waals surface area contributed by atoms with Crippen LogP contribution in [0.25, 0.3) is 0 Å². The first-order valence-corrected chi connectivity index (χ1v) is 7.11. The van der Waals surface area contributed by atoms with Crippen molar-refractivity contribution in [2.75, 3.05) is 11.4 Å². The van der Waals surface area contributed by atoms with E-state index >= 15 is 0 Å². The Morgan fingerprint density at radius 3 is 2.52 bits per heavy atom. The van der Waals surface area contributed by atoms with Crippen molar-refractivity contribution in [3.05, 3.63) is 59.7 Å². The quantitative estimate of drug-likeness (QED) is 0.790. The van der Waals surface area contributed by atoms with E-state index in [0.29, 0.717) is 11.4 Å². The van der Waals surface area contributed by atoms with Gasteiger partial charge >= 0.3 is 6.18 Å². The van der Waals surface area contributed by atoms with Gasteiger partial charge in [-0.2, -0.15) is 13.2 Å². The van der Waals surface area contributed by atoms with Gasteiger partial charge in [0.25, 0.3) is 5.91 Å². The fourth-order valence-corrected chi connectivity index (χ4v) is 2.64. The lowest BCUT2D eigenvalue weighted by molar-refractivity contribution is -0.137. The summed E-state index contributed by atoms with van der Waals surface area (Å²) in [5.41, 5.74) is -0.807. The molecule has 2 aromatic carbocycles. The van der Waals surface area contributed by atoms with Crippen LogP contribution in [0.1, 0.15) is 22.8 Å². The molecule has 3 rings (SSSR count). The molecule has 120 valence electrons. The lowest BCUT2D eigenvalue weighted by atomic mass is 10.0. The van der Waals surface area contributed by atoms with Crippen molar-refractivity contribution in [1.29, 1.82) is 0 Å². The number of carbonyl (C=O) groups excluding carboxylic acids is 1. The average molecular weight is 321 g/mol. The molecule has 0 aliphatic carbocycles. The molecule has 23 heavy (non-hydrogen) atoms. The van der Waals surface area contributed by atoms with Gasteiger partial charge in [-0.1, -0.05) is 24.3 Å². The fourth-order valence-electron chi connectivity index (χ4n) is 2.64. The summed E-state index contributed by atoms with van der Waals surface area (Å²) >= 11 is 0. The first-order chi connectivity index (χ1) is 10.9. The first kappa shape index (κ1) is 15.4. The topological polar surface area (TPSA) is 29.5 Å². The molecule has 1 aliphatic rings. The monoisotopic (exact) mass is 321 g/mol. The van der Waals surface area contributed by atoms with E-state index in [2.05, 4.69) is 0 Å². The summed E-state index contributed by atoms with van der Waals surface area (Å²) in [6, 6.07) is 11.7. The van der Waals surface area contributed by atoms with Crippen LogP contribution < -0.4 is 9.64 Å². The van der Waals surface area contributed by atoms with Crippen LogP contribution in [0.2, 0.25) is 0 Å². The van der Waals surface area contributed by atoms with Crippen LogP contribution in [0.5, 0.6) is 5.75 Å². The predicted molar refractivity (Wildman–Crippen MR) is 79.7 cm³/mol. The first-order valence-electron chi connectivity index (χ1n) is 7.11. The average Bonchev–Trinajstić information content (AvgIpc) is 2.52. The van der Waals surface area contributed by atoms with E-state index in [9.17, 15) is 18.0 Å². The van der Waals surface area contributed by atoms with E-state index in [-0.39, 0.29) is 18.2 Å². The second kappa shape index (κ2) is 5.61. The standard InChI is InChI=1S/C17H14F3NO2/c1-11-10-21(14-8-4-5-9-15(14)23-11)16(22)12-6-2-3-7-13(12)17(18,19)20/h2-9,11H,10H2,1H3. The minimum absolute atomic E-state index is 0.196. The van der Waals surface area contributed by atoms with Gasteiger partial charge in [0.15, 0.2) is 0 Å². The lowest BCUT2D eigenvalue weighted by Crippen LogP contribution is -2.42. The van der Waals surface area contributed by atoms with Gasteiger partial charge in [-0.15, -0.1) is 0 Å². The van der Waals surface area contributed by atoms with Gasteiger partial charge in [0.05, 0.1) is 23.4 Å². The van der Waals surface area contributed by atoms with Gasteiger partial charge in [-0.3, -0.25) is 4.79 Å². The molecular weight excluding hydrogens is 307 g/mol. The van der Waals surface area contributed by atoms with Crippen molar-refractivity contribution >= 4 is 11.6 Å². The molecule has 1 aliphatic heterocycles. The molecule has 0 N–H and O–H groups in total. The normalized spacial score (nSPS) is 17.4. The Hall–Kier alpha value is -2.50. The van der Waals surface area contributed by atoms with Crippen molar-refractivity contribution in [1.82, 2.24) is 0 Å². The number of hydrogen-bond donors (Lipinski definition) is 0. The number of fused-ring (bicyclic) bond motifs is 1. The van der Waals surface area contributed by atoms with Crippen LogP contribution in [0.15, 0.2) is 48.5 Å². The molecule has 1 heterocycles. The summed E-state index contributed by atoms with van der Waals surface area (Å²) in [6.45, 7) is 1.97. The zero-order valence-corrected chi connectivity index (χ0v) is 12.3. The number of carbonyl (C=O) groups is 1. The number of para-hydroxylation sites is 2. The highest BCUT2D eigenvalue weighted by Gasteiger charge is 2.37. The van der Waals surface area contributed by atoms with Crippen LogP contribution in [-0.2, 0) is 6.18 Å². The number of rotatable bonds is 1. The van der Waals surface area contributed by atoms with Crippen molar-refractivity contribution < 1.29 is 22.7 Å². The summed E-state index contributed by atoms with van der Waals surface area (Å²) in [5.74, 6) is -0.190. The van der Waals surface area contributed by atoms with Crippen LogP contribution in [-0.4, -0.2) is 18.6 Å². The molecular formula is C17H14F3NO2. The molecule has 1 unspecified atom stereocenters. The Balaban J connectivity index is 2.06. The van der Waals surface area contributed by atoms with Gasteiger partial charge < -0.3 is 9.64 Å². The number of hydrogen-bond acceptors (Lipinski definition) is 2. The molecule has 0 bridgehead atoms. The smallest absolute Gasteiger partial charge is 0.417 e. The molecule has 0 saturated carbocycles. The Bertz CT molecular complexity index is 743. The summed E-state index contributed by atoms with van der Waals surface area (Å²) in [5, 5.41) is 0. The maximum atomic E-state index is 13.2. The Morgan fingerprint density at radius 1 is 1.13 bits per heavy atom. The van der Waals surface area contributed by atoms with Crippen LogP contribution in [0.3, 0.4) is 0 Å². The second-order valence-corrected chi connectivity index (χ2v) is 5.36. The maximum Gasteiger partial charge on any atom is 0.417 e. The van der Waals surface area contributed by atoms with E-state index in [4.69, 9.17) is 4.74 Å². The largest absolute Gasteiger partial charge is 0.487 e. The third-order valence-corrected chi connectivity index (χ3v) is 3.63. The zero-order chi connectivity index (χ0) is 16.6. The molecule has 0 saturated heterocycles. The zero-order valence-electron chi connectivity index (χ0n) is 12.3. The molecule has 1 amide bonds. The van der Waals surface area contributed by atoms with Gasteiger partial charge in [0, 0.05) is 0 Å². The van der Waals surface area contributed by atoms with Crippen LogP contribution in [0, 0.1) is 0 Å². The van der Waals surface area contributed by atoms with Crippen molar-refractivity contribution in [3.63, 3.8) is 0 Å². The number of nitrogens with zero attached hydrogens (tertiary/aromatic N) is 1. The highest BCUT2D eigenvalue weighted by Crippen LogP contribution is 2.36. The third-order valence-electron chi connectivity index (χ3n) is 3.63. The molecule has 0 fully saturated rings. The van der Waals surface area contributed by atoms with Gasteiger partial charge in [0.1, 0.15) is 11.9 Å². The lowest BCUT2D eigenvalue weighted by Gasteiger charge is -2.33. The van der Waals surface area contributed by atoms with Crippen molar-refractivity contribution in [2.45, 2.75) is 19.2 Å². The highest BCUT2D eigenvalue weighted by molar-refractivity contribution is 6.08. The SMILES string of the molecule is CC1CN(C(=O)c2ccccc2C(F)(F)F)c2ccccc2O1.